The molecule has 0 radical (unpaired) electrons. The van der Waals surface area contributed by atoms with Crippen LogP contribution in [0.3, 0.4) is 0 Å². The molecule has 20 heavy (non-hydrogen) atoms. The topological polar surface area (TPSA) is 107 Å². The van der Waals surface area contributed by atoms with Gasteiger partial charge in [-0.1, -0.05) is 6.07 Å². The summed E-state index contributed by atoms with van der Waals surface area (Å²) >= 11 is 0. The number of H-pyrrole nitrogens is 1. The highest BCUT2D eigenvalue weighted by Gasteiger charge is 2.13. The second-order valence-corrected chi connectivity index (χ2v) is 3.97. The first-order chi connectivity index (χ1) is 9.52. The number of nitro groups is 1. The van der Waals surface area contributed by atoms with Crippen molar-refractivity contribution >= 4 is 11.7 Å². The minimum absolute atomic E-state index is 0.126. The number of ether oxygens (including phenoxy) is 1. The van der Waals surface area contributed by atoms with Gasteiger partial charge in [0.2, 0.25) is 0 Å². The molecule has 0 amide bonds. The van der Waals surface area contributed by atoms with Gasteiger partial charge in [-0.25, -0.2) is 4.68 Å². The lowest BCUT2D eigenvalue weighted by Gasteiger charge is -2.00. The molecule has 1 heterocycles. The van der Waals surface area contributed by atoms with Gasteiger partial charge in [0.25, 0.3) is 11.2 Å². The molecule has 0 unspecified atom stereocenters. The van der Waals surface area contributed by atoms with Gasteiger partial charge in [0, 0.05) is 23.9 Å². The molecular formula is C12H11N3O5. The molecular weight excluding hydrogens is 266 g/mol. The van der Waals surface area contributed by atoms with Crippen molar-refractivity contribution in [2.24, 2.45) is 0 Å². The molecule has 0 atom stereocenters. The monoisotopic (exact) mass is 277 g/mol. The van der Waals surface area contributed by atoms with Gasteiger partial charge in [0.1, 0.15) is 0 Å². The van der Waals surface area contributed by atoms with Crippen LogP contribution in [0.15, 0.2) is 35.3 Å². The molecule has 2 rings (SSSR count). The number of non-ortho nitro benzene ring substituents is 1. The Bertz CT molecular complexity index is 716. The molecule has 0 aliphatic heterocycles. The highest BCUT2D eigenvalue weighted by atomic mass is 16.6. The van der Waals surface area contributed by atoms with Crippen molar-refractivity contribution in [2.45, 2.75) is 6.42 Å². The molecule has 0 spiro atoms. The quantitative estimate of drug-likeness (QED) is 0.505. The Morgan fingerprint density at radius 2 is 2.25 bits per heavy atom. The maximum atomic E-state index is 12.1. The molecule has 2 aromatic rings. The number of hydrogen-bond acceptors (Lipinski definition) is 5. The highest BCUT2D eigenvalue weighted by molar-refractivity contribution is 5.72. The average Bonchev–Trinajstić information content (AvgIpc) is 2.80. The fraction of sp³-hybridized carbons (Fsp3) is 0.167. The average molecular weight is 277 g/mol. The van der Waals surface area contributed by atoms with Crippen molar-refractivity contribution in [1.29, 1.82) is 0 Å². The largest absolute Gasteiger partial charge is 0.469 e. The van der Waals surface area contributed by atoms with E-state index in [0.717, 1.165) is 4.68 Å². The van der Waals surface area contributed by atoms with Crippen molar-refractivity contribution < 1.29 is 14.5 Å². The number of aromatic nitrogens is 2. The summed E-state index contributed by atoms with van der Waals surface area (Å²) in [6.07, 6.45) is 1.21. The van der Waals surface area contributed by atoms with Gasteiger partial charge in [-0.15, -0.1) is 0 Å². The third-order valence-electron chi connectivity index (χ3n) is 2.71. The van der Waals surface area contributed by atoms with E-state index < -0.39 is 16.5 Å². The van der Waals surface area contributed by atoms with Crippen LogP contribution in [-0.2, 0) is 16.0 Å². The van der Waals surface area contributed by atoms with Gasteiger partial charge in [-0.3, -0.25) is 24.8 Å². The maximum Gasteiger partial charge on any atom is 0.310 e. The first kappa shape index (κ1) is 13.5. The summed E-state index contributed by atoms with van der Waals surface area (Å²) in [6.45, 7) is 0. The standard InChI is InChI=1S/C12H11N3O5/c1-20-11(16)5-8-7-13-14(12(8)17)9-3-2-4-10(6-9)15(18)19/h2-4,6-7,13H,5H2,1H3. The number of rotatable bonds is 4. The van der Waals surface area contributed by atoms with Crippen molar-refractivity contribution in [3.8, 4) is 5.69 Å². The van der Waals surface area contributed by atoms with Gasteiger partial charge in [0.05, 0.1) is 24.1 Å². The van der Waals surface area contributed by atoms with E-state index in [2.05, 4.69) is 9.84 Å². The SMILES string of the molecule is COC(=O)Cc1c[nH]n(-c2cccc([N+](=O)[O-])c2)c1=O. The lowest BCUT2D eigenvalue weighted by atomic mass is 10.2. The van der Waals surface area contributed by atoms with E-state index in [-0.39, 0.29) is 17.7 Å². The van der Waals surface area contributed by atoms with E-state index in [1.165, 1.54) is 31.5 Å². The first-order valence-corrected chi connectivity index (χ1v) is 5.64. The van der Waals surface area contributed by atoms with Gasteiger partial charge < -0.3 is 4.74 Å². The number of methoxy groups -OCH3 is 1. The fourth-order valence-electron chi connectivity index (χ4n) is 1.70. The predicted octanol–water partition coefficient (Wildman–Crippen LogP) is 0.789. The summed E-state index contributed by atoms with van der Waals surface area (Å²) in [7, 11) is 1.23. The number of esters is 1. The number of nitrogens with zero attached hydrogens (tertiary/aromatic N) is 2. The normalized spacial score (nSPS) is 10.2. The molecule has 0 bridgehead atoms. The Morgan fingerprint density at radius 3 is 2.90 bits per heavy atom. The fourth-order valence-corrected chi connectivity index (χ4v) is 1.70. The second kappa shape index (κ2) is 5.39. The molecule has 1 aromatic heterocycles. The van der Waals surface area contributed by atoms with Crippen molar-refractivity contribution in [3.05, 3.63) is 56.5 Å². The van der Waals surface area contributed by atoms with E-state index in [1.807, 2.05) is 0 Å². The lowest BCUT2D eigenvalue weighted by Crippen LogP contribution is -2.19. The number of nitrogens with one attached hydrogen (secondary N) is 1. The van der Waals surface area contributed by atoms with Crippen LogP contribution in [0.1, 0.15) is 5.56 Å². The van der Waals surface area contributed by atoms with Crippen LogP contribution >= 0.6 is 0 Å². The summed E-state index contributed by atoms with van der Waals surface area (Å²) in [5.74, 6) is -0.535. The van der Waals surface area contributed by atoms with Crippen LogP contribution < -0.4 is 5.56 Å². The molecule has 0 fully saturated rings. The summed E-state index contributed by atoms with van der Waals surface area (Å²) in [6, 6.07) is 5.61. The number of aromatic amines is 1. The highest BCUT2D eigenvalue weighted by Crippen LogP contribution is 2.15. The maximum absolute atomic E-state index is 12.1. The zero-order valence-corrected chi connectivity index (χ0v) is 10.5. The third kappa shape index (κ3) is 2.58. The smallest absolute Gasteiger partial charge is 0.310 e. The van der Waals surface area contributed by atoms with Crippen molar-refractivity contribution in [3.63, 3.8) is 0 Å². The minimum atomic E-state index is -0.549. The van der Waals surface area contributed by atoms with Gasteiger partial charge in [-0.2, -0.15) is 0 Å². The number of hydrogen-bond donors (Lipinski definition) is 1. The molecule has 0 aliphatic rings. The Morgan fingerprint density at radius 1 is 1.50 bits per heavy atom. The number of carbonyl (C=O) groups is 1. The molecule has 1 aromatic carbocycles. The second-order valence-electron chi connectivity index (χ2n) is 3.97. The molecule has 0 saturated carbocycles. The molecule has 0 aliphatic carbocycles. The van der Waals surface area contributed by atoms with E-state index >= 15 is 0 Å². The Balaban J connectivity index is 2.39. The van der Waals surface area contributed by atoms with Crippen molar-refractivity contribution in [1.82, 2.24) is 9.78 Å². The van der Waals surface area contributed by atoms with Crippen LogP contribution in [-0.4, -0.2) is 27.8 Å². The summed E-state index contributed by atoms with van der Waals surface area (Å²) in [5, 5.41) is 13.4. The van der Waals surface area contributed by atoms with Gasteiger partial charge in [0.15, 0.2) is 0 Å². The summed E-state index contributed by atoms with van der Waals surface area (Å²) in [4.78, 5) is 33.4. The minimum Gasteiger partial charge on any atom is -0.469 e. The predicted molar refractivity (Wildman–Crippen MR) is 68.8 cm³/mol. The van der Waals surface area contributed by atoms with E-state index in [9.17, 15) is 19.7 Å². The Kier molecular flexibility index (Phi) is 3.65. The number of nitro benzene ring substituents is 1. The zero-order chi connectivity index (χ0) is 14.7. The zero-order valence-electron chi connectivity index (χ0n) is 10.5. The van der Waals surface area contributed by atoms with E-state index in [4.69, 9.17) is 0 Å². The van der Waals surface area contributed by atoms with Crippen LogP contribution in [0, 0.1) is 10.1 Å². The van der Waals surface area contributed by atoms with Crippen LogP contribution in [0.4, 0.5) is 5.69 Å². The molecule has 0 saturated heterocycles. The van der Waals surface area contributed by atoms with Crippen LogP contribution in [0.25, 0.3) is 5.69 Å². The van der Waals surface area contributed by atoms with Crippen LogP contribution in [0.2, 0.25) is 0 Å². The molecule has 8 heteroatoms. The van der Waals surface area contributed by atoms with E-state index in [0.29, 0.717) is 5.69 Å². The van der Waals surface area contributed by atoms with Crippen molar-refractivity contribution in [2.75, 3.05) is 7.11 Å². The Labute approximate surface area is 112 Å². The molecule has 1 N–H and O–H groups in total. The van der Waals surface area contributed by atoms with Gasteiger partial charge in [-0.05, 0) is 6.07 Å². The van der Waals surface area contributed by atoms with Crippen LogP contribution in [0.5, 0.6) is 0 Å². The lowest BCUT2D eigenvalue weighted by molar-refractivity contribution is -0.384. The Hall–Kier alpha value is -2.90. The number of carbonyl (C=O) groups excluding carboxylic acids is 1. The number of benzene rings is 1. The summed E-state index contributed by atoms with van der Waals surface area (Å²) < 4.78 is 5.61. The summed E-state index contributed by atoms with van der Waals surface area (Å²) in [5.41, 5.74) is -0.0295. The molecule has 8 nitrogen and oxygen atoms in total. The first-order valence-electron chi connectivity index (χ1n) is 5.64. The molecule has 104 valence electrons. The van der Waals surface area contributed by atoms with Gasteiger partial charge >= 0.3 is 5.97 Å². The van der Waals surface area contributed by atoms with E-state index in [1.54, 1.807) is 6.07 Å². The third-order valence-corrected chi connectivity index (χ3v) is 2.71.